The van der Waals surface area contributed by atoms with Gasteiger partial charge in [-0.25, -0.2) is 0 Å². The molecule has 2 rings (SSSR count). The highest BCUT2D eigenvalue weighted by Crippen LogP contribution is 2.43. The van der Waals surface area contributed by atoms with Crippen molar-refractivity contribution in [3.8, 4) is 0 Å². The van der Waals surface area contributed by atoms with Gasteiger partial charge in [0.2, 0.25) is 0 Å². The second-order valence-electron chi connectivity index (χ2n) is 4.50. The first-order valence-corrected chi connectivity index (χ1v) is 5.93. The van der Waals surface area contributed by atoms with Gasteiger partial charge in [0.15, 0.2) is 0 Å². The Morgan fingerprint density at radius 1 is 1.50 bits per heavy atom. The number of aromatic nitrogens is 1. The third-order valence-electron chi connectivity index (χ3n) is 2.61. The summed E-state index contributed by atoms with van der Waals surface area (Å²) in [5.74, 6) is 3.15. The minimum Gasteiger partial charge on any atom is -0.361 e. The molecule has 1 heterocycles. The summed E-state index contributed by atoms with van der Waals surface area (Å²) in [6, 6.07) is 0. The maximum absolute atomic E-state index is 5.41. The predicted molar refractivity (Wildman–Crippen MR) is 59.7 cm³/mol. The van der Waals surface area contributed by atoms with Crippen LogP contribution in [0.4, 0.5) is 0 Å². The van der Waals surface area contributed by atoms with Crippen molar-refractivity contribution in [2.24, 2.45) is 5.92 Å². The van der Waals surface area contributed by atoms with Crippen LogP contribution in [-0.4, -0.2) is 5.16 Å². The second-order valence-corrected chi connectivity index (χ2v) is 4.82. The van der Waals surface area contributed by atoms with Gasteiger partial charge in [-0.2, -0.15) is 12.6 Å². The topological polar surface area (TPSA) is 26.0 Å². The molecular weight excluding hydrogens is 194 g/mol. The predicted octanol–water partition coefficient (Wildman–Crippen LogP) is 3.18. The molecular formula is C11H17NOS. The lowest BCUT2D eigenvalue weighted by Crippen LogP contribution is -1.99. The lowest BCUT2D eigenvalue weighted by Gasteiger charge is -2.04. The van der Waals surface area contributed by atoms with Crippen LogP contribution in [0, 0.1) is 5.92 Å². The van der Waals surface area contributed by atoms with Crippen LogP contribution in [0.1, 0.15) is 49.6 Å². The van der Waals surface area contributed by atoms with E-state index in [0.717, 1.165) is 17.9 Å². The molecule has 0 spiro atoms. The fraction of sp³-hybridized carbons (Fsp3) is 0.727. The van der Waals surface area contributed by atoms with Gasteiger partial charge in [0, 0.05) is 17.2 Å². The minimum atomic E-state index is 0.657. The molecule has 1 aliphatic rings. The van der Waals surface area contributed by atoms with E-state index in [9.17, 15) is 0 Å². The van der Waals surface area contributed by atoms with E-state index < -0.39 is 0 Å². The Kier molecular flexibility index (Phi) is 2.86. The number of hydrogen-bond donors (Lipinski definition) is 1. The highest BCUT2D eigenvalue weighted by molar-refractivity contribution is 7.79. The fourth-order valence-electron chi connectivity index (χ4n) is 1.77. The Bertz CT molecular complexity index is 315. The average molecular weight is 211 g/mol. The number of thiol groups is 1. The highest BCUT2D eigenvalue weighted by atomic mass is 32.1. The molecule has 2 nitrogen and oxygen atoms in total. The van der Waals surface area contributed by atoms with Crippen LogP contribution < -0.4 is 0 Å². The van der Waals surface area contributed by atoms with E-state index in [0.29, 0.717) is 17.6 Å². The smallest absolute Gasteiger partial charge is 0.143 e. The Morgan fingerprint density at radius 2 is 2.21 bits per heavy atom. The molecule has 3 heteroatoms. The van der Waals surface area contributed by atoms with E-state index in [1.165, 1.54) is 18.4 Å². The molecule has 14 heavy (non-hydrogen) atoms. The van der Waals surface area contributed by atoms with Crippen molar-refractivity contribution in [3.63, 3.8) is 0 Å². The molecule has 1 saturated carbocycles. The van der Waals surface area contributed by atoms with Gasteiger partial charge in [-0.1, -0.05) is 19.0 Å². The monoisotopic (exact) mass is 211 g/mol. The Labute approximate surface area is 90.5 Å². The maximum Gasteiger partial charge on any atom is 0.143 e. The molecule has 0 amide bonds. The molecule has 0 saturated heterocycles. The second kappa shape index (κ2) is 3.97. The van der Waals surface area contributed by atoms with E-state index in [4.69, 9.17) is 4.52 Å². The summed E-state index contributed by atoms with van der Waals surface area (Å²) in [5.41, 5.74) is 2.38. The average Bonchev–Trinajstić information content (AvgIpc) is 2.89. The van der Waals surface area contributed by atoms with Crippen LogP contribution >= 0.6 is 12.6 Å². The van der Waals surface area contributed by atoms with Gasteiger partial charge in [0.05, 0.1) is 5.69 Å². The third kappa shape index (κ3) is 1.97. The fourth-order valence-corrected chi connectivity index (χ4v) is 2.02. The largest absolute Gasteiger partial charge is 0.361 e. The third-order valence-corrected chi connectivity index (χ3v) is 2.91. The summed E-state index contributed by atoms with van der Waals surface area (Å²) >= 11 is 4.28. The van der Waals surface area contributed by atoms with Crippen LogP contribution in [0.15, 0.2) is 4.52 Å². The van der Waals surface area contributed by atoms with Crippen LogP contribution in [0.5, 0.6) is 0 Å². The zero-order valence-corrected chi connectivity index (χ0v) is 9.68. The minimum absolute atomic E-state index is 0.657. The van der Waals surface area contributed by atoms with E-state index in [1.807, 2.05) is 0 Å². The Balaban J connectivity index is 2.25. The van der Waals surface area contributed by atoms with Gasteiger partial charge >= 0.3 is 0 Å². The Morgan fingerprint density at radius 3 is 2.71 bits per heavy atom. The highest BCUT2D eigenvalue weighted by Gasteiger charge is 2.31. The van der Waals surface area contributed by atoms with E-state index in [-0.39, 0.29) is 0 Å². The SMILES string of the molecule is CC(C)Cc1c(CS)noc1C1CC1. The zero-order chi connectivity index (χ0) is 10.1. The molecule has 1 fully saturated rings. The van der Waals surface area contributed by atoms with E-state index in [2.05, 4.69) is 31.6 Å². The zero-order valence-electron chi connectivity index (χ0n) is 8.79. The molecule has 0 radical (unpaired) electrons. The summed E-state index contributed by atoms with van der Waals surface area (Å²) in [5, 5.41) is 4.10. The van der Waals surface area contributed by atoms with Crippen molar-refractivity contribution in [1.82, 2.24) is 5.16 Å². The lowest BCUT2D eigenvalue weighted by atomic mass is 10.00. The summed E-state index contributed by atoms with van der Waals surface area (Å²) in [4.78, 5) is 0. The first-order chi connectivity index (χ1) is 6.72. The molecule has 0 N–H and O–H groups in total. The van der Waals surface area contributed by atoms with Gasteiger partial charge in [-0.05, 0) is 25.2 Å². The van der Waals surface area contributed by atoms with Gasteiger partial charge in [-0.15, -0.1) is 0 Å². The summed E-state index contributed by atoms with van der Waals surface area (Å²) in [6.45, 7) is 4.46. The number of rotatable bonds is 4. The summed E-state index contributed by atoms with van der Waals surface area (Å²) in [7, 11) is 0. The quantitative estimate of drug-likeness (QED) is 0.774. The van der Waals surface area contributed by atoms with Gasteiger partial charge in [0.25, 0.3) is 0 Å². The number of nitrogens with zero attached hydrogens (tertiary/aromatic N) is 1. The molecule has 0 bridgehead atoms. The number of hydrogen-bond acceptors (Lipinski definition) is 3. The molecule has 1 aromatic rings. The normalized spacial score (nSPS) is 16.6. The standard InChI is InChI=1S/C11H17NOS/c1-7(2)5-9-10(6-14)12-13-11(9)8-3-4-8/h7-8,14H,3-6H2,1-2H3. The molecule has 0 aliphatic heterocycles. The van der Waals surface area contributed by atoms with Gasteiger partial charge in [-0.3, -0.25) is 0 Å². The van der Waals surface area contributed by atoms with E-state index >= 15 is 0 Å². The van der Waals surface area contributed by atoms with Crippen LogP contribution in [0.25, 0.3) is 0 Å². The first kappa shape index (κ1) is 10.1. The van der Waals surface area contributed by atoms with Crippen molar-refractivity contribution < 1.29 is 4.52 Å². The maximum atomic E-state index is 5.41. The van der Waals surface area contributed by atoms with Gasteiger partial charge < -0.3 is 4.52 Å². The molecule has 1 aromatic heterocycles. The Hall–Kier alpha value is -0.440. The van der Waals surface area contributed by atoms with Crippen molar-refractivity contribution in [2.75, 3.05) is 0 Å². The van der Waals surface area contributed by atoms with E-state index in [1.54, 1.807) is 0 Å². The molecule has 0 aromatic carbocycles. The molecule has 1 aliphatic carbocycles. The van der Waals surface area contributed by atoms with Gasteiger partial charge in [0.1, 0.15) is 5.76 Å². The summed E-state index contributed by atoms with van der Waals surface area (Å²) < 4.78 is 5.41. The molecule has 0 atom stereocenters. The van der Waals surface area contributed by atoms with Crippen molar-refractivity contribution in [3.05, 3.63) is 17.0 Å². The van der Waals surface area contributed by atoms with Crippen molar-refractivity contribution in [1.29, 1.82) is 0 Å². The van der Waals surface area contributed by atoms with Crippen LogP contribution in [-0.2, 0) is 12.2 Å². The van der Waals surface area contributed by atoms with Crippen molar-refractivity contribution >= 4 is 12.6 Å². The van der Waals surface area contributed by atoms with Crippen molar-refractivity contribution in [2.45, 2.75) is 44.8 Å². The summed E-state index contributed by atoms with van der Waals surface area (Å²) in [6.07, 6.45) is 3.61. The van der Waals surface area contributed by atoms with Crippen LogP contribution in [0.3, 0.4) is 0 Å². The lowest BCUT2D eigenvalue weighted by molar-refractivity contribution is 0.378. The molecule has 0 unspecified atom stereocenters. The first-order valence-electron chi connectivity index (χ1n) is 5.30. The molecule has 78 valence electrons. The van der Waals surface area contributed by atoms with Crippen LogP contribution in [0.2, 0.25) is 0 Å².